The van der Waals surface area contributed by atoms with Crippen LogP contribution in [0, 0.1) is 0 Å². The normalized spacial score (nSPS) is 13.2. The van der Waals surface area contributed by atoms with E-state index in [-0.39, 0.29) is 12.2 Å². The smallest absolute Gasteiger partial charge is 0.0715 e. The Hall–Kier alpha value is -1.06. The van der Waals surface area contributed by atoms with Gasteiger partial charge in [0.15, 0.2) is 0 Å². The van der Waals surface area contributed by atoms with E-state index in [9.17, 15) is 10.2 Å². The van der Waals surface area contributed by atoms with E-state index in [1.807, 2.05) is 18.2 Å². The molecule has 1 rings (SSSR count). The van der Waals surface area contributed by atoms with Crippen LogP contribution in [-0.4, -0.2) is 35.5 Å². The molecule has 0 saturated carbocycles. The molecule has 0 radical (unpaired) electrons. The fourth-order valence-corrected chi connectivity index (χ4v) is 4.64. The summed E-state index contributed by atoms with van der Waals surface area (Å²) in [6.45, 7) is 5.73. The van der Waals surface area contributed by atoms with E-state index in [0.717, 1.165) is 31.4 Å². The van der Waals surface area contributed by atoms with Crippen LogP contribution in [0.25, 0.3) is 0 Å². The molecule has 192 valence electrons. The molecule has 2 N–H and O–H groups in total. The van der Waals surface area contributed by atoms with Crippen molar-refractivity contribution in [3.05, 3.63) is 30.3 Å². The van der Waals surface area contributed by atoms with Crippen LogP contribution in [0.1, 0.15) is 129 Å². The highest BCUT2D eigenvalue weighted by molar-refractivity contribution is 5.46. The van der Waals surface area contributed by atoms with Gasteiger partial charge in [0.1, 0.15) is 0 Å². The van der Waals surface area contributed by atoms with Crippen molar-refractivity contribution in [1.29, 1.82) is 0 Å². The number of unbranched alkanes of at least 4 members (excludes halogenated alkanes) is 14. The van der Waals surface area contributed by atoms with E-state index in [4.69, 9.17) is 0 Å². The van der Waals surface area contributed by atoms with E-state index in [2.05, 4.69) is 30.9 Å². The standard InChI is InChI=1S/C30H55NO2/c1-3-5-7-9-11-13-15-20-24-29(32)26-31(28-22-18-17-19-23-28)27-30(33)25-21-16-14-12-10-8-6-4-2/h17-19,22-23,29-30,32-33H,3-16,20-21,24-27H2,1-2H3. The van der Waals surface area contributed by atoms with Crippen molar-refractivity contribution in [2.45, 2.75) is 142 Å². The van der Waals surface area contributed by atoms with Gasteiger partial charge in [-0.05, 0) is 25.0 Å². The third-order valence-corrected chi connectivity index (χ3v) is 6.77. The zero-order valence-electron chi connectivity index (χ0n) is 22.0. The van der Waals surface area contributed by atoms with Gasteiger partial charge in [0.25, 0.3) is 0 Å². The first-order valence-corrected chi connectivity index (χ1v) is 14.3. The summed E-state index contributed by atoms with van der Waals surface area (Å²) in [6, 6.07) is 10.3. The number of aliphatic hydroxyl groups is 2. The molecule has 0 saturated heterocycles. The van der Waals surface area contributed by atoms with Gasteiger partial charge >= 0.3 is 0 Å². The predicted octanol–water partition coefficient (Wildman–Crippen LogP) is 8.28. The lowest BCUT2D eigenvalue weighted by atomic mass is 10.0. The van der Waals surface area contributed by atoms with Gasteiger partial charge in [0.2, 0.25) is 0 Å². The Morgan fingerprint density at radius 3 is 1.30 bits per heavy atom. The maximum atomic E-state index is 10.7. The Labute approximate surface area is 206 Å². The zero-order chi connectivity index (χ0) is 24.0. The molecule has 0 aliphatic carbocycles. The monoisotopic (exact) mass is 461 g/mol. The largest absolute Gasteiger partial charge is 0.391 e. The zero-order valence-corrected chi connectivity index (χ0v) is 22.0. The van der Waals surface area contributed by atoms with Gasteiger partial charge in [0.05, 0.1) is 12.2 Å². The molecule has 3 heteroatoms. The lowest BCUT2D eigenvalue weighted by Crippen LogP contribution is -2.38. The fourth-order valence-electron chi connectivity index (χ4n) is 4.64. The minimum absolute atomic E-state index is 0.333. The number of rotatable bonds is 23. The summed E-state index contributed by atoms with van der Waals surface area (Å²) in [6.07, 6.45) is 21.7. The predicted molar refractivity (Wildman–Crippen MR) is 145 cm³/mol. The van der Waals surface area contributed by atoms with Crippen molar-refractivity contribution < 1.29 is 10.2 Å². The van der Waals surface area contributed by atoms with Crippen molar-refractivity contribution in [2.75, 3.05) is 18.0 Å². The quantitative estimate of drug-likeness (QED) is 0.161. The molecule has 0 fully saturated rings. The van der Waals surface area contributed by atoms with Gasteiger partial charge in [-0.3, -0.25) is 0 Å². The maximum Gasteiger partial charge on any atom is 0.0715 e. The van der Waals surface area contributed by atoms with Crippen LogP contribution < -0.4 is 4.90 Å². The second kappa shape index (κ2) is 21.5. The highest BCUT2D eigenvalue weighted by atomic mass is 16.3. The maximum absolute atomic E-state index is 10.7. The number of hydrogen-bond acceptors (Lipinski definition) is 3. The van der Waals surface area contributed by atoms with Crippen LogP contribution in [0.3, 0.4) is 0 Å². The molecule has 2 atom stereocenters. The topological polar surface area (TPSA) is 43.7 Å². The van der Waals surface area contributed by atoms with Crippen LogP contribution in [0.2, 0.25) is 0 Å². The first-order chi connectivity index (χ1) is 16.2. The van der Waals surface area contributed by atoms with Crippen LogP contribution in [0.5, 0.6) is 0 Å². The SMILES string of the molecule is CCCCCCCCCCC(O)CN(CC(O)CCCCCCCCCC)c1ccccc1. The molecule has 0 amide bonds. The second-order valence-electron chi connectivity index (χ2n) is 10.1. The van der Waals surface area contributed by atoms with Gasteiger partial charge in [-0.2, -0.15) is 0 Å². The summed E-state index contributed by atoms with van der Waals surface area (Å²) in [5, 5.41) is 21.4. The van der Waals surface area contributed by atoms with E-state index >= 15 is 0 Å². The van der Waals surface area contributed by atoms with Crippen molar-refractivity contribution in [3.63, 3.8) is 0 Å². The van der Waals surface area contributed by atoms with Crippen molar-refractivity contribution >= 4 is 5.69 Å². The van der Waals surface area contributed by atoms with Crippen molar-refractivity contribution in [1.82, 2.24) is 0 Å². The molecule has 33 heavy (non-hydrogen) atoms. The lowest BCUT2D eigenvalue weighted by Gasteiger charge is -2.29. The van der Waals surface area contributed by atoms with Crippen LogP contribution in [-0.2, 0) is 0 Å². The molecule has 1 aromatic carbocycles. The summed E-state index contributed by atoms with van der Waals surface area (Å²) in [5.41, 5.74) is 1.10. The van der Waals surface area contributed by atoms with Crippen LogP contribution in [0.4, 0.5) is 5.69 Å². The summed E-state index contributed by atoms with van der Waals surface area (Å²) in [7, 11) is 0. The van der Waals surface area contributed by atoms with Crippen LogP contribution in [0.15, 0.2) is 30.3 Å². The first-order valence-electron chi connectivity index (χ1n) is 14.3. The fraction of sp³-hybridized carbons (Fsp3) is 0.800. The van der Waals surface area contributed by atoms with Gasteiger partial charge in [-0.15, -0.1) is 0 Å². The molecule has 0 spiro atoms. The Morgan fingerprint density at radius 2 is 0.909 bits per heavy atom. The number of benzene rings is 1. The lowest BCUT2D eigenvalue weighted by molar-refractivity contribution is 0.145. The van der Waals surface area contributed by atoms with Crippen molar-refractivity contribution in [3.8, 4) is 0 Å². The van der Waals surface area contributed by atoms with E-state index < -0.39 is 0 Å². The highest BCUT2D eigenvalue weighted by Gasteiger charge is 2.16. The summed E-state index contributed by atoms with van der Waals surface area (Å²) in [5.74, 6) is 0. The van der Waals surface area contributed by atoms with Crippen molar-refractivity contribution in [2.24, 2.45) is 0 Å². The number of para-hydroxylation sites is 1. The molecular formula is C30H55NO2. The van der Waals surface area contributed by atoms with Gasteiger partial charge in [0, 0.05) is 18.8 Å². The Balaban J connectivity index is 2.29. The minimum atomic E-state index is -0.333. The molecule has 0 heterocycles. The molecular weight excluding hydrogens is 406 g/mol. The molecule has 0 aliphatic heterocycles. The molecule has 0 aromatic heterocycles. The van der Waals surface area contributed by atoms with E-state index in [0.29, 0.717) is 13.1 Å². The van der Waals surface area contributed by atoms with Gasteiger partial charge < -0.3 is 15.1 Å². The third-order valence-electron chi connectivity index (χ3n) is 6.77. The molecule has 1 aromatic rings. The summed E-state index contributed by atoms with van der Waals surface area (Å²) >= 11 is 0. The second-order valence-corrected chi connectivity index (χ2v) is 10.1. The molecule has 0 bridgehead atoms. The average molecular weight is 462 g/mol. The molecule has 2 unspecified atom stereocenters. The first kappa shape index (κ1) is 30.0. The van der Waals surface area contributed by atoms with Gasteiger partial charge in [-0.25, -0.2) is 0 Å². The van der Waals surface area contributed by atoms with Gasteiger partial charge in [-0.1, -0.05) is 135 Å². The number of hydrogen-bond donors (Lipinski definition) is 2. The summed E-state index contributed by atoms with van der Waals surface area (Å²) < 4.78 is 0. The van der Waals surface area contributed by atoms with Crippen LogP contribution >= 0.6 is 0 Å². The number of nitrogens with zero attached hydrogens (tertiary/aromatic N) is 1. The Bertz CT molecular complexity index is 493. The molecule has 3 nitrogen and oxygen atoms in total. The average Bonchev–Trinajstić information content (AvgIpc) is 2.82. The minimum Gasteiger partial charge on any atom is -0.391 e. The number of aliphatic hydroxyl groups excluding tert-OH is 2. The van der Waals surface area contributed by atoms with E-state index in [1.165, 1.54) is 89.9 Å². The summed E-state index contributed by atoms with van der Waals surface area (Å²) in [4.78, 5) is 2.19. The Kier molecular flexibility index (Phi) is 19.5. The highest BCUT2D eigenvalue weighted by Crippen LogP contribution is 2.18. The van der Waals surface area contributed by atoms with E-state index in [1.54, 1.807) is 0 Å². The number of anilines is 1. The third kappa shape index (κ3) is 17.1. The Morgan fingerprint density at radius 1 is 0.545 bits per heavy atom. The molecule has 0 aliphatic rings.